The number of nitrogens with zero attached hydrogens (tertiary/aromatic N) is 3. The van der Waals surface area contributed by atoms with E-state index in [1.165, 1.54) is 4.88 Å². The van der Waals surface area contributed by atoms with Gasteiger partial charge in [-0.25, -0.2) is 0 Å². The molecule has 124 valence electrons. The monoisotopic (exact) mass is 332 g/mol. The Bertz CT molecular complexity index is 611. The van der Waals surface area contributed by atoms with Gasteiger partial charge in [-0.3, -0.25) is 9.48 Å². The molecule has 1 amide bonds. The second kappa shape index (κ2) is 7.27. The molecule has 0 aliphatic carbocycles. The van der Waals surface area contributed by atoms with E-state index in [0.29, 0.717) is 6.54 Å². The molecule has 3 atom stereocenters. The SMILES string of the molecule is C[C@H](NCC(=O)N1CCC[C@@H]1c1cccs1)[C@@H](C)n1cccn1. The number of thiophene rings is 1. The van der Waals surface area contributed by atoms with Crippen LogP contribution in [0.2, 0.25) is 0 Å². The van der Waals surface area contributed by atoms with Crippen LogP contribution in [0.4, 0.5) is 0 Å². The molecule has 0 radical (unpaired) electrons. The van der Waals surface area contributed by atoms with Gasteiger partial charge in [0.05, 0.1) is 18.6 Å². The second-order valence-electron chi connectivity index (χ2n) is 6.16. The van der Waals surface area contributed by atoms with Crippen LogP contribution in [-0.4, -0.2) is 39.7 Å². The maximum Gasteiger partial charge on any atom is 0.237 e. The Morgan fingerprint density at radius 1 is 1.48 bits per heavy atom. The van der Waals surface area contributed by atoms with Crippen molar-refractivity contribution in [2.75, 3.05) is 13.1 Å². The van der Waals surface area contributed by atoms with Crippen molar-refractivity contribution in [3.63, 3.8) is 0 Å². The minimum Gasteiger partial charge on any atom is -0.334 e. The van der Waals surface area contributed by atoms with Gasteiger partial charge in [0.15, 0.2) is 0 Å². The number of hydrogen-bond donors (Lipinski definition) is 1. The van der Waals surface area contributed by atoms with Crippen molar-refractivity contribution in [2.45, 2.75) is 44.8 Å². The Hall–Kier alpha value is -1.66. The summed E-state index contributed by atoms with van der Waals surface area (Å²) in [5, 5.41) is 9.72. The van der Waals surface area contributed by atoms with Gasteiger partial charge >= 0.3 is 0 Å². The molecule has 0 saturated carbocycles. The van der Waals surface area contributed by atoms with Crippen LogP contribution in [0.5, 0.6) is 0 Å². The van der Waals surface area contributed by atoms with Gasteiger partial charge in [-0.1, -0.05) is 6.07 Å². The van der Waals surface area contributed by atoms with Gasteiger partial charge in [0.2, 0.25) is 5.91 Å². The van der Waals surface area contributed by atoms with E-state index in [0.717, 1.165) is 19.4 Å². The predicted octanol–water partition coefficient (Wildman–Crippen LogP) is 2.85. The van der Waals surface area contributed by atoms with Crippen molar-refractivity contribution in [1.82, 2.24) is 20.0 Å². The predicted molar refractivity (Wildman–Crippen MR) is 92.4 cm³/mol. The number of hydrogen-bond acceptors (Lipinski definition) is 4. The third-order valence-corrected chi connectivity index (χ3v) is 5.66. The molecule has 3 heterocycles. The maximum atomic E-state index is 12.6. The third kappa shape index (κ3) is 3.64. The molecular formula is C17H24N4OS. The smallest absolute Gasteiger partial charge is 0.237 e. The van der Waals surface area contributed by atoms with E-state index >= 15 is 0 Å². The van der Waals surface area contributed by atoms with E-state index < -0.39 is 0 Å². The van der Waals surface area contributed by atoms with E-state index in [2.05, 4.69) is 41.8 Å². The summed E-state index contributed by atoms with van der Waals surface area (Å²) in [6, 6.07) is 6.78. The fourth-order valence-corrected chi connectivity index (χ4v) is 3.99. The van der Waals surface area contributed by atoms with Gasteiger partial charge in [-0.2, -0.15) is 5.10 Å². The summed E-state index contributed by atoms with van der Waals surface area (Å²) >= 11 is 1.74. The molecule has 2 aromatic rings. The third-order valence-electron chi connectivity index (χ3n) is 4.69. The first kappa shape index (κ1) is 16.2. The lowest BCUT2D eigenvalue weighted by atomic mass is 10.1. The number of likely N-dealkylation sites (tertiary alicyclic amines) is 1. The molecule has 0 unspecified atom stereocenters. The summed E-state index contributed by atoms with van der Waals surface area (Å²) in [5.41, 5.74) is 0. The van der Waals surface area contributed by atoms with Crippen molar-refractivity contribution < 1.29 is 4.79 Å². The van der Waals surface area contributed by atoms with Crippen LogP contribution in [0.15, 0.2) is 36.0 Å². The first-order chi connectivity index (χ1) is 11.2. The topological polar surface area (TPSA) is 50.2 Å². The summed E-state index contributed by atoms with van der Waals surface area (Å²) in [6.07, 6.45) is 5.90. The Balaban J connectivity index is 1.54. The molecule has 0 spiro atoms. The van der Waals surface area contributed by atoms with Crippen molar-refractivity contribution >= 4 is 17.2 Å². The van der Waals surface area contributed by atoms with Gasteiger partial charge < -0.3 is 10.2 Å². The molecule has 1 fully saturated rings. The number of nitrogens with one attached hydrogen (secondary N) is 1. The Morgan fingerprint density at radius 3 is 3.04 bits per heavy atom. The molecule has 5 nitrogen and oxygen atoms in total. The molecule has 1 aliphatic heterocycles. The zero-order chi connectivity index (χ0) is 16.2. The van der Waals surface area contributed by atoms with Gasteiger partial charge in [-0.05, 0) is 44.2 Å². The van der Waals surface area contributed by atoms with Crippen molar-refractivity contribution in [3.8, 4) is 0 Å². The summed E-state index contributed by atoms with van der Waals surface area (Å²) in [6.45, 7) is 5.46. The normalized spacial score (nSPS) is 20.6. The number of carbonyl (C=O) groups is 1. The molecule has 3 rings (SSSR count). The van der Waals surface area contributed by atoms with Crippen LogP contribution >= 0.6 is 11.3 Å². The molecule has 1 aliphatic rings. The number of rotatable bonds is 6. The van der Waals surface area contributed by atoms with Gasteiger partial charge in [0.25, 0.3) is 0 Å². The fourth-order valence-electron chi connectivity index (χ4n) is 3.11. The van der Waals surface area contributed by atoms with Gasteiger partial charge in [-0.15, -0.1) is 11.3 Å². The van der Waals surface area contributed by atoms with Crippen molar-refractivity contribution in [3.05, 3.63) is 40.8 Å². The lowest BCUT2D eigenvalue weighted by molar-refractivity contribution is -0.131. The molecule has 6 heteroatoms. The molecule has 1 N–H and O–H groups in total. The summed E-state index contributed by atoms with van der Waals surface area (Å²) in [4.78, 5) is 15.9. The van der Waals surface area contributed by atoms with Crippen molar-refractivity contribution in [2.24, 2.45) is 0 Å². The first-order valence-corrected chi connectivity index (χ1v) is 9.10. The molecule has 1 saturated heterocycles. The Kier molecular flexibility index (Phi) is 5.13. The maximum absolute atomic E-state index is 12.6. The second-order valence-corrected chi connectivity index (χ2v) is 7.14. The molecular weight excluding hydrogens is 308 g/mol. The quantitative estimate of drug-likeness (QED) is 0.885. The Labute approximate surface area is 141 Å². The van der Waals surface area contributed by atoms with E-state index in [1.54, 1.807) is 17.5 Å². The highest BCUT2D eigenvalue weighted by Crippen LogP contribution is 2.34. The van der Waals surface area contributed by atoms with E-state index in [9.17, 15) is 4.79 Å². The van der Waals surface area contributed by atoms with Crippen LogP contribution in [0.3, 0.4) is 0 Å². The van der Waals surface area contributed by atoms with E-state index in [1.807, 2.05) is 21.8 Å². The van der Waals surface area contributed by atoms with Crippen LogP contribution in [-0.2, 0) is 4.79 Å². The standard InChI is InChI=1S/C17H24N4OS/c1-13(14(2)21-10-5-8-19-21)18-12-17(22)20-9-3-6-15(20)16-7-4-11-23-16/h4-5,7-8,10-11,13-15,18H,3,6,9,12H2,1-2H3/t13-,14+,15+/m0/s1. The fraction of sp³-hybridized carbons (Fsp3) is 0.529. The summed E-state index contributed by atoms with van der Waals surface area (Å²) in [7, 11) is 0. The summed E-state index contributed by atoms with van der Waals surface area (Å²) < 4.78 is 1.92. The largest absolute Gasteiger partial charge is 0.334 e. The number of amides is 1. The average molecular weight is 332 g/mol. The molecule has 0 bridgehead atoms. The highest BCUT2D eigenvalue weighted by Gasteiger charge is 2.30. The molecule has 23 heavy (non-hydrogen) atoms. The number of aromatic nitrogens is 2. The lowest BCUT2D eigenvalue weighted by Gasteiger charge is -2.26. The lowest BCUT2D eigenvalue weighted by Crippen LogP contribution is -2.42. The zero-order valence-corrected chi connectivity index (χ0v) is 14.5. The minimum absolute atomic E-state index is 0.182. The minimum atomic E-state index is 0.182. The van der Waals surface area contributed by atoms with Crippen LogP contribution in [0.25, 0.3) is 0 Å². The summed E-state index contributed by atoms with van der Waals surface area (Å²) in [5.74, 6) is 0.195. The zero-order valence-electron chi connectivity index (χ0n) is 13.7. The van der Waals surface area contributed by atoms with E-state index in [-0.39, 0.29) is 24.0 Å². The van der Waals surface area contributed by atoms with Crippen LogP contribution < -0.4 is 5.32 Å². The highest BCUT2D eigenvalue weighted by atomic mass is 32.1. The average Bonchev–Trinajstić information content (AvgIpc) is 3.32. The Morgan fingerprint density at radius 2 is 2.35 bits per heavy atom. The molecule has 2 aromatic heterocycles. The highest BCUT2D eigenvalue weighted by molar-refractivity contribution is 7.10. The molecule has 0 aromatic carbocycles. The number of carbonyl (C=O) groups excluding carboxylic acids is 1. The van der Waals surface area contributed by atoms with E-state index in [4.69, 9.17) is 0 Å². The van der Waals surface area contributed by atoms with Crippen LogP contribution in [0.1, 0.15) is 43.6 Å². The van der Waals surface area contributed by atoms with Crippen LogP contribution in [0, 0.1) is 0 Å². The van der Waals surface area contributed by atoms with Crippen molar-refractivity contribution in [1.29, 1.82) is 0 Å². The first-order valence-electron chi connectivity index (χ1n) is 8.22. The van der Waals surface area contributed by atoms with Gasteiger partial charge in [0, 0.05) is 29.9 Å². The van der Waals surface area contributed by atoms with Gasteiger partial charge in [0.1, 0.15) is 0 Å².